The molecule has 1 heterocycles. The molecular weight excluding hydrogens is 252 g/mol. The van der Waals surface area contributed by atoms with Gasteiger partial charge in [0.1, 0.15) is 5.75 Å². The SMILES string of the molecule is CCCOc1cncc(C(CC(C)(C)OC)NCC)c1. The molecule has 0 fully saturated rings. The molecule has 1 aromatic rings. The summed E-state index contributed by atoms with van der Waals surface area (Å²) < 4.78 is 11.2. The first-order valence-electron chi connectivity index (χ1n) is 7.38. The normalized spacial score (nSPS) is 13.2. The van der Waals surface area contributed by atoms with Gasteiger partial charge in [-0.25, -0.2) is 0 Å². The third-order valence-electron chi connectivity index (χ3n) is 3.31. The molecule has 0 spiro atoms. The molecule has 4 nitrogen and oxygen atoms in total. The Morgan fingerprint density at radius 3 is 2.65 bits per heavy atom. The zero-order valence-corrected chi connectivity index (χ0v) is 13.4. The van der Waals surface area contributed by atoms with Crippen LogP contribution in [0.25, 0.3) is 0 Å². The Balaban J connectivity index is 2.85. The van der Waals surface area contributed by atoms with Crippen LogP contribution in [0.1, 0.15) is 52.1 Å². The van der Waals surface area contributed by atoms with Crippen molar-refractivity contribution < 1.29 is 9.47 Å². The lowest BCUT2D eigenvalue weighted by Crippen LogP contribution is -2.32. The molecule has 0 aliphatic rings. The molecule has 0 aliphatic heterocycles. The molecule has 1 unspecified atom stereocenters. The summed E-state index contributed by atoms with van der Waals surface area (Å²) in [4.78, 5) is 4.29. The predicted octanol–water partition coefficient (Wildman–Crippen LogP) is 3.34. The highest BCUT2D eigenvalue weighted by molar-refractivity contribution is 5.26. The van der Waals surface area contributed by atoms with Gasteiger partial charge in [0.25, 0.3) is 0 Å². The second kappa shape index (κ2) is 8.22. The molecule has 0 aromatic carbocycles. The van der Waals surface area contributed by atoms with Crippen LogP contribution in [0.3, 0.4) is 0 Å². The van der Waals surface area contributed by atoms with Gasteiger partial charge in [-0.1, -0.05) is 13.8 Å². The van der Waals surface area contributed by atoms with Gasteiger partial charge in [0.2, 0.25) is 0 Å². The van der Waals surface area contributed by atoms with E-state index in [2.05, 4.69) is 44.1 Å². The Labute approximate surface area is 122 Å². The predicted molar refractivity (Wildman–Crippen MR) is 82.1 cm³/mol. The number of hydrogen-bond acceptors (Lipinski definition) is 4. The molecule has 0 saturated carbocycles. The quantitative estimate of drug-likeness (QED) is 0.753. The topological polar surface area (TPSA) is 43.4 Å². The largest absolute Gasteiger partial charge is 0.492 e. The van der Waals surface area contributed by atoms with Gasteiger partial charge in [-0.3, -0.25) is 4.98 Å². The molecular formula is C16H28N2O2. The maximum absolute atomic E-state index is 5.66. The standard InChI is InChI=1S/C16H28N2O2/c1-6-8-20-14-9-13(11-17-12-14)15(18-7-2)10-16(3,4)19-5/h9,11-12,15,18H,6-8,10H2,1-5H3. The van der Waals surface area contributed by atoms with Crippen molar-refractivity contribution >= 4 is 0 Å². The lowest BCUT2D eigenvalue weighted by atomic mass is 9.94. The second-order valence-corrected chi connectivity index (χ2v) is 5.58. The van der Waals surface area contributed by atoms with Crippen molar-refractivity contribution in [1.82, 2.24) is 10.3 Å². The van der Waals surface area contributed by atoms with Crippen molar-refractivity contribution in [3.8, 4) is 5.75 Å². The summed E-state index contributed by atoms with van der Waals surface area (Å²) in [6.07, 6.45) is 5.55. The summed E-state index contributed by atoms with van der Waals surface area (Å²) in [5, 5.41) is 3.50. The molecule has 0 aliphatic carbocycles. The lowest BCUT2D eigenvalue weighted by Gasteiger charge is -2.29. The summed E-state index contributed by atoms with van der Waals surface area (Å²) in [7, 11) is 1.75. The van der Waals surface area contributed by atoms with E-state index in [0.29, 0.717) is 0 Å². The fourth-order valence-electron chi connectivity index (χ4n) is 2.05. The van der Waals surface area contributed by atoms with Crippen LogP contribution in [-0.4, -0.2) is 30.8 Å². The highest BCUT2D eigenvalue weighted by atomic mass is 16.5. The molecule has 0 saturated heterocycles. The molecule has 4 heteroatoms. The van der Waals surface area contributed by atoms with Crippen LogP contribution in [0.4, 0.5) is 0 Å². The van der Waals surface area contributed by atoms with Crippen LogP contribution in [0.5, 0.6) is 5.75 Å². The Bertz CT molecular complexity index is 394. The monoisotopic (exact) mass is 280 g/mol. The minimum Gasteiger partial charge on any atom is -0.492 e. The van der Waals surface area contributed by atoms with Gasteiger partial charge in [-0.2, -0.15) is 0 Å². The van der Waals surface area contributed by atoms with Gasteiger partial charge in [-0.15, -0.1) is 0 Å². The van der Waals surface area contributed by atoms with Crippen LogP contribution < -0.4 is 10.1 Å². The Kier molecular flexibility index (Phi) is 6.96. The van der Waals surface area contributed by atoms with E-state index in [1.165, 1.54) is 0 Å². The van der Waals surface area contributed by atoms with Crippen LogP contribution >= 0.6 is 0 Å². The third kappa shape index (κ3) is 5.47. The highest BCUT2D eigenvalue weighted by Gasteiger charge is 2.24. The molecule has 1 rings (SSSR count). The first-order chi connectivity index (χ1) is 9.52. The average Bonchev–Trinajstić information content (AvgIpc) is 2.45. The van der Waals surface area contributed by atoms with E-state index in [1.807, 2.05) is 6.20 Å². The van der Waals surface area contributed by atoms with Crippen molar-refractivity contribution in [2.75, 3.05) is 20.3 Å². The van der Waals surface area contributed by atoms with E-state index >= 15 is 0 Å². The number of nitrogens with one attached hydrogen (secondary N) is 1. The zero-order valence-electron chi connectivity index (χ0n) is 13.4. The van der Waals surface area contributed by atoms with Gasteiger partial charge in [0.15, 0.2) is 0 Å². The molecule has 0 bridgehead atoms. The summed E-state index contributed by atoms with van der Waals surface area (Å²) >= 11 is 0. The van der Waals surface area contributed by atoms with Crippen LogP contribution in [0, 0.1) is 0 Å². The minimum absolute atomic E-state index is 0.173. The van der Waals surface area contributed by atoms with Gasteiger partial charge < -0.3 is 14.8 Å². The number of ether oxygens (including phenoxy) is 2. The third-order valence-corrected chi connectivity index (χ3v) is 3.31. The zero-order chi connectivity index (χ0) is 15.0. The van der Waals surface area contributed by atoms with Crippen molar-refractivity contribution in [2.24, 2.45) is 0 Å². The lowest BCUT2D eigenvalue weighted by molar-refractivity contribution is 0.00692. The summed E-state index contributed by atoms with van der Waals surface area (Å²) in [6, 6.07) is 2.29. The van der Waals surface area contributed by atoms with Gasteiger partial charge in [-0.05, 0) is 44.9 Å². The number of hydrogen-bond donors (Lipinski definition) is 1. The number of methoxy groups -OCH3 is 1. The number of pyridine rings is 1. The fraction of sp³-hybridized carbons (Fsp3) is 0.688. The smallest absolute Gasteiger partial charge is 0.137 e. The highest BCUT2D eigenvalue weighted by Crippen LogP contribution is 2.27. The number of aromatic nitrogens is 1. The molecule has 20 heavy (non-hydrogen) atoms. The molecule has 114 valence electrons. The Hall–Kier alpha value is -1.13. The summed E-state index contributed by atoms with van der Waals surface area (Å²) in [6.45, 7) is 10.0. The van der Waals surface area contributed by atoms with Crippen molar-refractivity contribution in [1.29, 1.82) is 0 Å². The van der Waals surface area contributed by atoms with Crippen molar-refractivity contribution in [3.05, 3.63) is 24.0 Å². The van der Waals surface area contributed by atoms with E-state index in [9.17, 15) is 0 Å². The summed E-state index contributed by atoms with van der Waals surface area (Å²) in [5.41, 5.74) is 0.971. The average molecular weight is 280 g/mol. The van der Waals surface area contributed by atoms with Crippen molar-refractivity contribution in [2.45, 2.75) is 52.2 Å². The minimum atomic E-state index is -0.173. The van der Waals surface area contributed by atoms with Crippen molar-refractivity contribution in [3.63, 3.8) is 0 Å². The maximum atomic E-state index is 5.66. The van der Waals surface area contributed by atoms with E-state index in [4.69, 9.17) is 9.47 Å². The first-order valence-corrected chi connectivity index (χ1v) is 7.38. The number of rotatable bonds is 9. The van der Waals surface area contributed by atoms with E-state index in [-0.39, 0.29) is 11.6 Å². The molecule has 1 N–H and O–H groups in total. The molecule has 1 atom stereocenters. The van der Waals surface area contributed by atoms with Gasteiger partial charge in [0.05, 0.1) is 18.4 Å². The summed E-state index contributed by atoms with van der Waals surface area (Å²) in [5.74, 6) is 0.836. The van der Waals surface area contributed by atoms with Crippen LogP contribution in [0.2, 0.25) is 0 Å². The fourth-order valence-corrected chi connectivity index (χ4v) is 2.05. The second-order valence-electron chi connectivity index (χ2n) is 5.58. The van der Waals surface area contributed by atoms with Crippen LogP contribution in [-0.2, 0) is 4.74 Å². The first kappa shape index (κ1) is 16.9. The van der Waals surface area contributed by atoms with E-state index < -0.39 is 0 Å². The van der Waals surface area contributed by atoms with Gasteiger partial charge >= 0.3 is 0 Å². The Morgan fingerprint density at radius 2 is 2.05 bits per heavy atom. The molecule has 0 amide bonds. The van der Waals surface area contributed by atoms with Gasteiger partial charge in [0, 0.05) is 19.3 Å². The number of nitrogens with zero attached hydrogens (tertiary/aromatic N) is 1. The van der Waals surface area contributed by atoms with E-state index in [0.717, 1.165) is 37.3 Å². The molecule has 0 radical (unpaired) electrons. The van der Waals surface area contributed by atoms with Crippen LogP contribution in [0.15, 0.2) is 18.5 Å². The maximum Gasteiger partial charge on any atom is 0.137 e. The Morgan fingerprint density at radius 1 is 1.30 bits per heavy atom. The molecule has 1 aromatic heterocycles. The van der Waals surface area contributed by atoms with E-state index in [1.54, 1.807) is 13.3 Å².